The summed E-state index contributed by atoms with van der Waals surface area (Å²) in [6, 6.07) is 16.7. The first-order valence-electron chi connectivity index (χ1n) is 10.9. The first-order chi connectivity index (χ1) is 16.0. The SMILES string of the molecule is O=C(NCc1ccn2ccnc2c1)c1ccc(C2(O)CCN(C(=O)c3ccccc3)CC2)s1. The molecule has 0 spiro atoms. The first-order valence-corrected chi connectivity index (χ1v) is 11.7. The zero-order chi connectivity index (χ0) is 22.8. The van der Waals surface area contributed by atoms with Crippen LogP contribution in [-0.2, 0) is 12.1 Å². The molecule has 1 aliphatic rings. The Labute approximate surface area is 195 Å². The van der Waals surface area contributed by atoms with Gasteiger partial charge in [0.1, 0.15) is 11.2 Å². The van der Waals surface area contributed by atoms with Crippen molar-refractivity contribution < 1.29 is 14.7 Å². The number of fused-ring (bicyclic) bond motifs is 1. The van der Waals surface area contributed by atoms with Gasteiger partial charge in [0.15, 0.2) is 0 Å². The molecule has 3 aromatic heterocycles. The Balaban J connectivity index is 1.20. The number of piperidine rings is 1. The normalized spacial score (nSPS) is 15.5. The summed E-state index contributed by atoms with van der Waals surface area (Å²) < 4.78 is 1.91. The van der Waals surface area contributed by atoms with Crippen molar-refractivity contribution in [2.45, 2.75) is 25.0 Å². The number of aromatic nitrogens is 2. The molecule has 0 atom stereocenters. The Morgan fingerprint density at radius 2 is 1.85 bits per heavy atom. The number of hydrogen-bond acceptors (Lipinski definition) is 5. The monoisotopic (exact) mass is 460 g/mol. The average molecular weight is 461 g/mol. The number of pyridine rings is 1. The van der Waals surface area contributed by atoms with Crippen LogP contribution in [0.4, 0.5) is 0 Å². The molecule has 0 radical (unpaired) electrons. The maximum absolute atomic E-state index is 12.7. The third kappa shape index (κ3) is 4.40. The fourth-order valence-electron chi connectivity index (χ4n) is 4.13. The van der Waals surface area contributed by atoms with E-state index in [1.807, 2.05) is 53.2 Å². The molecule has 0 aliphatic carbocycles. The number of aliphatic hydroxyl groups is 1. The van der Waals surface area contributed by atoms with Crippen molar-refractivity contribution in [3.8, 4) is 0 Å². The van der Waals surface area contributed by atoms with Crippen LogP contribution in [0.1, 0.15) is 43.3 Å². The minimum absolute atomic E-state index is 0.0163. The Morgan fingerprint density at radius 1 is 1.06 bits per heavy atom. The fraction of sp³-hybridized carbons (Fsp3) is 0.240. The van der Waals surface area contributed by atoms with Gasteiger partial charge < -0.3 is 19.7 Å². The highest BCUT2D eigenvalue weighted by molar-refractivity contribution is 7.14. The van der Waals surface area contributed by atoms with Gasteiger partial charge in [0.2, 0.25) is 0 Å². The van der Waals surface area contributed by atoms with Gasteiger partial charge in [-0.2, -0.15) is 0 Å². The molecule has 2 amide bonds. The molecule has 4 aromatic rings. The number of thiophene rings is 1. The molecule has 1 fully saturated rings. The molecule has 7 nitrogen and oxygen atoms in total. The largest absolute Gasteiger partial charge is 0.384 e. The topological polar surface area (TPSA) is 86.9 Å². The van der Waals surface area contributed by atoms with Gasteiger partial charge >= 0.3 is 0 Å². The predicted octanol–water partition coefficient (Wildman–Crippen LogP) is 3.45. The summed E-state index contributed by atoms with van der Waals surface area (Å²) in [6.07, 6.45) is 6.40. The van der Waals surface area contributed by atoms with Crippen molar-refractivity contribution in [3.05, 3.63) is 94.1 Å². The molecule has 8 heteroatoms. The van der Waals surface area contributed by atoms with Crippen molar-refractivity contribution in [1.29, 1.82) is 0 Å². The van der Waals surface area contributed by atoms with E-state index in [2.05, 4.69) is 10.3 Å². The predicted molar refractivity (Wildman–Crippen MR) is 126 cm³/mol. The fourth-order valence-corrected chi connectivity index (χ4v) is 5.20. The van der Waals surface area contributed by atoms with E-state index >= 15 is 0 Å². The number of hydrogen-bond donors (Lipinski definition) is 2. The molecule has 168 valence electrons. The van der Waals surface area contributed by atoms with Gasteiger partial charge in [0.05, 0.1) is 4.88 Å². The van der Waals surface area contributed by atoms with Crippen LogP contribution in [0, 0.1) is 0 Å². The summed E-state index contributed by atoms with van der Waals surface area (Å²) in [5, 5.41) is 14.2. The second-order valence-electron chi connectivity index (χ2n) is 8.26. The van der Waals surface area contributed by atoms with E-state index in [0.717, 1.165) is 16.1 Å². The molecule has 5 rings (SSSR count). The lowest BCUT2D eigenvalue weighted by Gasteiger charge is -2.37. The number of rotatable bonds is 5. The smallest absolute Gasteiger partial charge is 0.261 e. The van der Waals surface area contributed by atoms with E-state index < -0.39 is 5.60 Å². The van der Waals surface area contributed by atoms with Crippen LogP contribution in [0.5, 0.6) is 0 Å². The van der Waals surface area contributed by atoms with Crippen LogP contribution in [0.2, 0.25) is 0 Å². The van der Waals surface area contributed by atoms with E-state index in [1.165, 1.54) is 11.3 Å². The van der Waals surface area contributed by atoms with Gasteiger partial charge in [-0.25, -0.2) is 4.98 Å². The van der Waals surface area contributed by atoms with Crippen LogP contribution in [0.25, 0.3) is 5.65 Å². The van der Waals surface area contributed by atoms with Crippen molar-refractivity contribution in [2.75, 3.05) is 13.1 Å². The Bertz CT molecular complexity index is 1290. The lowest BCUT2D eigenvalue weighted by molar-refractivity contribution is -0.0183. The molecule has 1 aliphatic heterocycles. The molecule has 4 heterocycles. The average Bonchev–Trinajstić information content (AvgIpc) is 3.53. The molecule has 0 bridgehead atoms. The Kier molecular flexibility index (Phi) is 5.70. The number of likely N-dealkylation sites (tertiary alicyclic amines) is 1. The van der Waals surface area contributed by atoms with Crippen molar-refractivity contribution in [3.63, 3.8) is 0 Å². The number of carbonyl (C=O) groups excluding carboxylic acids is 2. The van der Waals surface area contributed by atoms with E-state index in [-0.39, 0.29) is 11.8 Å². The molecule has 1 aromatic carbocycles. The van der Waals surface area contributed by atoms with Crippen molar-refractivity contribution >= 4 is 28.8 Å². The summed E-state index contributed by atoms with van der Waals surface area (Å²) in [7, 11) is 0. The lowest BCUT2D eigenvalue weighted by Crippen LogP contribution is -2.44. The van der Waals surface area contributed by atoms with Gasteiger partial charge in [0, 0.05) is 48.7 Å². The molecule has 33 heavy (non-hydrogen) atoms. The van der Waals surface area contributed by atoms with E-state index in [0.29, 0.717) is 42.9 Å². The van der Waals surface area contributed by atoms with Crippen LogP contribution < -0.4 is 5.32 Å². The molecule has 2 N–H and O–H groups in total. The van der Waals surface area contributed by atoms with Crippen LogP contribution in [0.15, 0.2) is 73.2 Å². The van der Waals surface area contributed by atoms with Crippen LogP contribution in [0.3, 0.4) is 0 Å². The highest BCUT2D eigenvalue weighted by Gasteiger charge is 2.37. The van der Waals surface area contributed by atoms with Crippen molar-refractivity contribution in [2.24, 2.45) is 0 Å². The zero-order valence-electron chi connectivity index (χ0n) is 18.0. The molecular formula is C25H24N4O3S. The maximum atomic E-state index is 12.7. The third-order valence-electron chi connectivity index (χ3n) is 6.10. The zero-order valence-corrected chi connectivity index (χ0v) is 18.8. The number of amides is 2. The second-order valence-corrected chi connectivity index (χ2v) is 9.35. The number of carbonyl (C=O) groups is 2. The Hall–Kier alpha value is -3.49. The second kappa shape index (κ2) is 8.80. The number of nitrogens with one attached hydrogen (secondary N) is 1. The molecule has 0 saturated carbocycles. The summed E-state index contributed by atoms with van der Waals surface area (Å²) >= 11 is 1.31. The summed E-state index contributed by atoms with van der Waals surface area (Å²) in [4.78, 5) is 32.7. The maximum Gasteiger partial charge on any atom is 0.261 e. The summed E-state index contributed by atoms with van der Waals surface area (Å²) in [5.74, 6) is -0.188. The molecule has 0 unspecified atom stereocenters. The van der Waals surface area contributed by atoms with E-state index in [1.54, 1.807) is 29.3 Å². The van der Waals surface area contributed by atoms with Crippen molar-refractivity contribution in [1.82, 2.24) is 19.6 Å². The van der Waals surface area contributed by atoms with Gasteiger partial charge in [0.25, 0.3) is 11.8 Å². The standard InChI is InChI=1S/C25H24N4O3S/c30-23(27-17-18-8-12-28-15-11-26-22(28)16-18)20-6-7-21(33-20)25(32)9-13-29(14-10-25)24(31)19-4-2-1-3-5-19/h1-8,11-12,15-16,32H,9-10,13-14,17H2,(H,27,30). The summed E-state index contributed by atoms with van der Waals surface area (Å²) in [6.45, 7) is 1.34. The van der Waals surface area contributed by atoms with E-state index in [4.69, 9.17) is 0 Å². The molecule has 1 saturated heterocycles. The quantitative estimate of drug-likeness (QED) is 0.478. The van der Waals surface area contributed by atoms with Gasteiger partial charge in [-0.3, -0.25) is 9.59 Å². The number of nitrogens with zero attached hydrogens (tertiary/aromatic N) is 3. The van der Waals surface area contributed by atoms with E-state index in [9.17, 15) is 14.7 Å². The first kappa shape index (κ1) is 21.4. The Morgan fingerprint density at radius 3 is 2.64 bits per heavy atom. The van der Waals surface area contributed by atoms with Gasteiger partial charge in [-0.15, -0.1) is 11.3 Å². The summed E-state index contributed by atoms with van der Waals surface area (Å²) in [5.41, 5.74) is 1.43. The van der Waals surface area contributed by atoms with Gasteiger partial charge in [-0.05, 0) is 54.8 Å². The highest BCUT2D eigenvalue weighted by Crippen LogP contribution is 2.37. The number of imidazole rings is 1. The lowest BCUT2D eigenvalue weighted by atomic mass is 9.89. The minimum Gasteiger partial charge on any atom is -0.384 e. The van der Waals surface area contributed by atoms with Crippen LogP contribution >= 0.6 is 11.3 Å². The minimum atomic E-state index is -1.03. The highest BCUT2D eigenvalue weighted by atomic mass is 32.1. The third-order valence-corrected chi connectivity index (χ3v) is 7.38. The molecular weight excluding hydrogens is 436 g/mol. The van der Waals surface area contributed by atoms with Gasteiger partial charge in [-0.1, -0.05) is 18.2 Å². The van der Waals surface area contributed by atoms with Crippen LogP contribution in [-0.4, -0.2) is 44.3 Å². The number of benzene rings is 1.